The lowest BCUT2D eigenvalue weighted by atomic mass is 10.2. The number of rotatable bonds is 11. The second kappa shape index (κ2) is 12.5. The molecule has 0 radical (unpaired) electrons. The highest BCUT2D eigenvalue weighted by Crippen LogP contribution is 2.08. The van der Waals surface area contributed by atoms with Crippen LogP contribution in [0.5, 0.6) is 0 Å². The Morgan fingerprint density at radius 2 is 1.21 bits per heavy atom. The monoisotopic (exact) mass is 461 g/mol. The predicted molar refractivity (Wildman–Crippen MR) is 102 cm³/mol. The first kappa shape index (κ1) is 26.9. The molecule has 0 heterocycles. The van der Waals surface area contributed by atoms with Crippen molar-refractivity contribution in [3.63, 3.8) is 0 Å². The summed E-state index contributed by atoms with van der Waals surface area (Å²) in [6.07, 6.45) is 3.28. The molecule has 0 aliphatic rings. The van der Waals surface area contributed by atoms with Gasteiger partial charge in [-0.25, -0.2) is 8.42 Å². The van der Waals surface area contributed by atoms with Gasteiger partial charge >= 0.3 is 0 Å². The average molecular weight is 462 g/mol. The first-order valence-corrected chi connectivity index (χ1v) is 13.3. The van der Waals surface area contributed by atoms with Crippen LogP contribution in [0.25, 0.3) is 0 Å². The zero-order valence-electron chi connectivity index (χ0n) is 16.0. The zero-order chi connectivity index (χ0) is 21.8. The van der Waals surface area contributed by atoms with Crippen LogP contribution < -0.4 is 5.32 Å². The molecular weight excluding hydrogens is 434 g/mol. The van der Waals surface area contributed by atoms with E-state index in [1.807, 2.05) is 12.2 Å². The maximum absolute atomic E-state index is 10.6. The van der Waals surface area contributed by atoms with Crippen molar-refractivity contribution in [2.75, 3.05) is 38.8 Å². The number of nitrogens with two attached hydrogens (primary N) is 1. The molecule has 10 nitrogen and oxygen atoms in total. The minimum Gasteiger partial charge on any atom is -0.744 e. The third kappa shape index (κ3) is 17.0. The topological polar surface area (TPSA) is 161 Å². The van der Waals surface area contributed by atoms with Gasteiger partial charge in [0.05, 0.1) is 43.7 Å². The average Bonchev–Trinajstić information content (AvgIpc) is 2.51. The van der Waals surface area contributed by atoms with E-state index >= 15 is 0 Å². The summed E-state index contributed by atoms with van der Waals surface area (Å²) in [5.74, 6) is 0. The van der Waals surface area contributed by atoms with Gasteiger partial charge in [-0.15, -0.1) is 0 Å². The fourth-order valence-corrected chi connectivity index (χ4v) is 3.04. The van der Waals surface area contributed by atoms with Crippen molar-refractivity contribution < 1.29 is 43.5 Å². The van der Waals surface area contributed by atoms with Crippen LogP contribution in [0.15, 0.2) is 29.2 Å². The molecule has 1 aromatic carbocycles. The first-order chi connectivity index (χ1) is 12.7. The summed E-state index contributed by atoms with van der Waals surface area (Å²) in [5, 5.41) is 1.96. The fraction of sp³-hybridized carbons (Fsp3) is 0.600. The number of aryl methyl sites for hydroxylation is 1. The Kier molecular flexibility index (Phi) is 12.0. The minimum atomic E-state index is -4.27. The maximum Gasteiger partial charge on any atom is 0.264 e. The zero-order valence-corrected chi connectivity index (χ0v) is 18.5. The molecule has 0 saturated carbocycles. The lowest BCUT2D eigenvalue weighted by molar-refractivity contribution is -0.655. The van der Waals surface area contributed by atoms with Crippen LogP contribution in [-0.2, 0) is 38.7 Å². The third-order valence-corrected chi connectivity index (χ3v) is 5.05. The molecule has 0 bridgehead atoms. The summed E-state index contributed by atoms with van der Waals surface area (Å²) >= 11 is 0. The summed E-state index contributed by atoms with van der Waals surface area (Å²) in [6, 6.07) is 5.78. The summed E-state index contributed by atoms with van der Waals surface area (Å²) < 4.78 is 82.6. The molecule has 28 heavy (non-hydrogen) atoms. The van der Waals surface area contributed by atoms with Crippen LogP contribution in [0.4, 0.5) is 0 Å². The molecule has 0 aliphatic carbocycles. The van der Waals surface area contributed by atoms with Gasteiger partial charge in [-0.3, -0.25) is 8.37 Å². The fourth-order valence-electron chi connectivity index (χ4n) is 1.73. The first-order valence-electron chi connectivity index (χ1n) is 8.24. The van der Waals surface area contributed by atoms with Crippen molar-refractivity contribution in [2.45, 2.75) is 24.7 Å². The van der Waals surface area contributed by atoms with E-state index in [1.165, 1.54) is 12.1 Å². The molecule has 0 spiro atoms. The van der Waals surface area contributed by atoms with E-state index in [-0.39, 0.29) is 18.1 Å². The molecule has 2 N–H and O–H groups in total. The molecule has 1 rings (SSSR count). The van der Waals surface area contributed by atoms with E-state index in [0.717, 1.165) is 31.2 Å². The number of hydrogen-bond donors (Lipinski definition) is 1. The molecule has 0 aromatic heterocycles. The van der Waals surface area contributed by atoms with Crippen LogP contribution >= 0.6 is 0 Å². The van der Waals surface area contributed by atoms with Crippen molar-refractivity contribution in [3.05, 3.63) is 29.8 Å². The van der Waals surface area contributed by atoms with Crippen molar-refractivity contribution in [1.82, 2.24) is 0 Å². The smallest absolute Gasteiger partial charge is 0.264 e. The van der Waals surface area contributed by atoms with Crippen molar-refractivity contribution in [2.24, 2.45) is 0 Å². The molecule has 0 atom stereocenters. The van der Waals surface area contributed by atoms with Crippen LogP contribution in [0, 0.1) is 6.92 Å². The molecule has 0 saturated heterocycles. The summed E-state index contributed by atoms with van der Waals surface area (Å²) in [6.45, 7) is 3.63. The van der Waals surface area contributed by atoms with E-state index in [4.69, 9.17) is 0 Å². The van der Waals surface area contributed by atoms with Gasteiger partial charge in [-0.1, -0.05) is 17.7 Å². The molecule has 164 valence electrons. The lowest BCUT2D eigenvalue weighted by Crippen LogP contribution is -2.84. The molecular formula is C15H27NO9S3. The Hall–Kier alpha value is -1.09. The van der Waals surface area contributed by atoms with Crippen LogP contribution in [0.2, 0.25) is 0 Å². The molecule has 13 heteroatoms. The highest BCUT2D eigenvalue weighted by atomic mass is 32.2. The summed E-state index contributed by atoms with van der Waals surface area (Å²) in [4.78, 5) is -0.178. The Balaban J connectivity index is 0.000000567. The van der Waals surface area contributed by atoms with Gasteiger partial charge in [0.25, 0.3) is 20.2 Å². The van der Waals surface area contributed by atoms with E-state index in [1.54, 1.807) is 12.1 Å². The number of hydrogen-bond acceptors (Lipinski definition) is 9. The highest BCUT2D eigenvalue weighted by Gasteiger charge is 2.03. The predicted octanol–water partition coefficient (Wildman–Crippen LogP) is -0.818. The van der Waals surface area contributed by atoms with Crippen molar-refractivity contribution in [1.29, 1.82) is 0 Å². The Morgan fingerprint density at radius 3 is 1.54 bits per heavy atom. The molecule has 0 unspecified atom stereocenters. The van der Waals surface area contributed by atoms with Gasteiger partial charge < -0.3 is 9.87 Å². The Labute approximate surface area is 167 Å². The van der Waals surface area contributed by atoms with E-state index in [0.29, 0.717) is 12.8 Å². The van der Waals surface area contributed by atoms with Gasteiger partial charge in [0.1, 0.15) is 10.1 Å². The number of quaternary nitrogens is 1. The normalized spacial score (nSPS) is 12.3. The Bertz CT molecular complexity index is 839. The lowest BCUT2D eigenvalue weighted by Gasteiger charge is -2.05. The van der Waals surface area contributed by atoms with Gasteiger partial charge in [0, 0.05) is 12.8 Å². The van der Waals surface area contributed by atoms with Crippen LogP contribution in [-0.4, -0.2) is 68.6 Å². The number of benzene rings is 1. The minimum absolute atomic E-state index is 0.176. The molecule has 1 aromatic rings. The van der Waals surface area contributed by atoms with Gasteiger partial charge in [-0.05, 0) is 19.1 Å². The molecule has 0 amide bonds. The van der Waals surface area contributed by atoms with E-state index in [9.17, 15) is 29.8 Å². The van der Waals surface area contributed by atoms with Gasteiger partial charge in [0.15, 0.2) is 0 Å². The van der Waals surface area contributed by atoms with Crippen molar-refractivity contribution >= 4 is 30.4 Å². The largest absolute Gasteiger partial charge is 0.744 e. The van der Waals surface area contributed by atoms with E-state index < -0.39 is 30.4 Å². The van der Waals surface area contributed by atoms with Gasteiger partial charge in [0.2, 0.25) is 0 Å². The second-order valence-corrected chi connectivity index (χ2v) is 10.6. The summed E-state index contributed by atoms with van der Waals surface area (Å²) in [7, 11) is -11.0. The van der Waals surface area contributed by atoms with Crippen LogP contribution in [0.1, 0.15) is 18.4 Å². The molecule has 0 aliphatic heterocycles. The SMILES string of the molecule is CS(=O)(=O)OCCC[NH2+]CCCOS(C)(=O)=O.Cc1ccc(S(=O)(=O)[O-])cc1. The van der Waals surface area contributed by atoms with Crippen molar-refractivity contribution in [3.8, 4) is 0 Å². The standard InChI is InChI=1S/C8H19NO6S2.C7H8O3S/c1-16(10,11)14-7-3-5-9-6-4-8-15-17(2,12)13;1-6-2-4-7(5-3-6)11(8,9)10/h9H,3-8H2,1-2H3;2-5H,1H3,(H,8,9,10). The van der Waals surface area contributed by atoms with E-state index in [2.05, 4.69) is 8.37 Å². The third-order valence-electron chi connectivity index (χ3n) is 3.01. The highest BCUT2D eigenvalue weighted by molar-refractivity contribution is 7.86. The van der Waals surface area contributed by atoms with Gasteiger partial charge in [-0.2, -0.15) is 16.8 Å². The second-order valence-electron chi connectivity index (χ2n) is 5.89. The Morgan fingerprint density at radius 1 is 0.821 bits per heavy atom. The quantitative estimate of drug-likeness (QED) is 0.252. The summed E-state index contributed by atoms with van der Waals surface area (Å²) in [5.41, 5.74) is 0.928. The van der Waals surface area contributed by atoms with Crippen LogP contribution in [0.3, 0.4) is 0 Å². The maximum atomic E-state index is 10.6. The molecule has 0 fully saturated rings.